The van der Waals surface area contributed by atoms with Crippen LogP contribution < -0.4 is 0 Å². The molecular weight excluding hydrogens is 256 g/mol. The molecule has 4 heteroatoms. The Morgan fingerprint density at radius 2 is 1.35 bits per heavy atom. The van der Waals surface area contributed by atoms with Gasteiger partial charge in [0.05, 0.1) is 5.92 Å². The summed E-state index contributed by atoms with van der Waals surface area (Å²) in [4.78, 5) is 23.1. The van der Waals surface area contributed by atoms with Gasteiger partial charge in [-0.3, -0.25) is 9.59 Å². The molecule has 0 aromatic rings. The van der Waals surface area contributed by atoms with Crippen molar-refractivity contribution >= 4 is 11.9 Å². The van der Waals surface area contributed by atoms with Crippen LogP contribution in [-0.2, 0) is 19.1 Å². The third kappa shape index (κ3) is 8.18. The van der Waals surface area contributed by atoms with E-state index in [1.165, 1.54) is 32.1 Å². The van der Waals surface area contributed by atoms with E-state index in [0.29, 0.717) is 6.42 Å². The molecular formula is C16H28O4. The van der Waals surface area contributed by atoms with Crippen molar-refractivity contribution in [3.8, 4) is 0 Å². The van der Waals surface area contributed by atoms with E-state index in [0.717, 1.165) is 25.7 Å². The molecule has 20 heavy (non-hydrogen) atoms. The van der Waals surface area contributed by atoms with E-state index in [-0.39, 0.29) is 31.1 Å². The minimum Gasteiger partial charge on any atom is -0.462 e. The summed E-state index contributed by atoms with van der Waals surface area (Å²) in [6, 6.07) is 0. The molecule has 1 atom stereocenters. The number of cyclic esters (lactones) is 2. The molecule has 1 saturated heterocycles. The Balaban J connectivity index is 2.31. The summed E-state index contributed by atoms with van der Waals surface area (Å²) in [5.74, 6) is -0.412. The molecule has 0 N–H and O–H groups in total. The molecule has 1 aliphatic heterocycles. The first-order chi connectivity index (χ1) is 9.70. The van der Waals surface area contributed by atoms with Crippen LogP contribution in [-0.4, -0.2) is 25.2 Å². The molecule has 0 radical (unpaired) electrons. The van der Waals surface area contributed by atoms with Crippen LogP contribution in [0.1, 0.15) is 71.1 Å². The molecule has 0 bridgehead atoms. The third-order valence-electron chi connectivity index (χ3n) is 3.76. The molecule has 1 fully saturated rings. The van der Waals surface area contributed by atoms with Gasteiger partial charge in [0.2, 0.25) is 0 Å². The Labute approximate surface area is 122 Å². The standard InChI is InChI=1S/C16H28O4/c1-14-10-8-6-4-2-3-5-7-9-11-15(17)19-12-13-20-16(14)18/h14H,2-13H2,1H3. The highest BCUT2D eigenvalue weighted by molar-refractivity contribution is 5.72. The summed E-state index contributed by atoms with van der Waals surface area (Å²) < 4.78 is 10.1. The highest BCUT2D eigenvalue weighted by atomic mass is 16.6. The van der Waals surface area contributed by atoms with Gasteiger partial charge in [-0.2, -0.15) is 0 Å². The number of carbonyl (C=O) groups excluding carboxylic acids is 2. The van der Waals surface area contributed by atoms with Crippen LogP contribution in [0.25, 0.3) is 0 Å². The number of hydrogen-bond acceptors (Lipinski definition) is 4. The quantitative estimate of drug-likeness (QED) is 0.637. The van der Waals surface area contributed by atoms with Gasteiger partial charge in [-0.15, -0.1) is 0 Å². The summed E-state index contributed by atoms with van der Waals surface area (Å²) in [5.41, 5.74) is 0. The molecule has 0 saturated carbocycles. The molecule has 1 rings (SSSR count). The predicted molar refractivity (Wildman–Crippen MR) is 77.3 cm³/mol. The topological polar surface area (TPSA) is 52.6 Å². The van der Waals surface area contributed by atoms with Crippen molar-refractivity contribution in [2.75, 3.05) is 13.2 Å². The lowest BCUT2D eigenvalue weighted by Crippen LogP contribution is -2.18. The highest BCUT2D eigenvalue weighted by Crippen LogP contribution is 2.14. The van der Waals surface area contributed by atoms with Crippen molar-refractivity contribution in [1.82, 2.24) is 0 Å². The zero-order chi connectivity index (χ0) is 14.6. The lowest BCUT2D eigenvalue weighted by atomic mass is 10.0. The summed E-state index contributed by atoms with van der Waals surface area (Å²) in [7, 11) is 0. The molecule has 0 spiro atoms. The van der Waals surface area contributed by atoms with E-state index in [1.54, 1.807) is 0 Å². The average molecular weight is 284 g/mol. The van der Waals surface area contributed by atoms with Gasteiger partial charge >= 0.3 is 11.9 Å². The summed E-state index contributed by atoms with van der Waals surface area (Å²) >= 11 is 0. The second kappa shape index (κ2) is 10.7. The van der Waals surface area contributed by atoms with E-state index in [1.807, 2.05) is 6.92 Å². The third-order valence-corrected chi connectivity index (χ3v) is 3.76. The molecule has 116 valence electrons. The van der Waals surface area contributed by atoms with E-state index in [2.05, 4.69) is 0 Å². The normalized spacial score (nSPS) is 25.4. The van der Waals surface area contributed by atoms with Crippen LogP contribution in [0.15, 0.2) is 0 Å². The largest absolute Gasteiger partial charge is 0.462 e. The van der Waals surface area contributed by atoms with Gasteiger partial charge in [0.1, 0.15) is 13.2 Å². The van der Waals surface area contributed by atoms with Gasteiger partial charge in [-0.05, 0) is 12.8 Å². The van der Waals surface area contributed by atoms with Crippen LogP contribution in [0.4, 0.5) is 0 Å². The fraction of sp³-hybridized carbons (Fsp3) is 0.875. The number of rotatable bonds is 0. The molecule has 1 unspecified atom stereocenters. The Bertz CT molecular complexity index is 288. The van der Waals surface area contributed by atoms with E-state index < -0.39 is 0 Å². The van der Waals surface area contributed by atoms with Crippen molar-refractivity contribution in [2.24, 2.45) is 5.92 Å². The first-order valence-corrected chi connectivity index (χ1v) is 8.02. The molecule has 1 aliphatic rings. The number of esters is 2. The Hall–Kier alpha value is -1.06. The van der Waals surface area contributed by atoms with Crippen molar-refractivity contribution in [3.05, 3.63) is 0 Å². The summed E-state index contributed by atoms with van der Waals surface area (Å²) in [5, 5.41) is 0. The maximum Gasteiger partial charge on any atom is 0.308 e. The predicted octanol–water partition coefficient (Wildman–Crippen LogP) is 3.62. The summed E-state index contributed by atoms with van der Waals surface area (Å²) in [6.45, 7) is 2.26. The maximum atomic E-state index is 11.7. The van der Waals surface area contributed by atoms with Crippen molar-refractivity contribution in [2.45, 2.75) is 71.1 Å². The Morgan fingerprint density at radius 1 is 0.800 bits per heavy atom. The van der Waals surface area contributed by atoms with Crippen molar-refractivity contribution in [3.63, 3.8) is 0 Å². The molecule has 4 nitrogen and oxygen atoms in total. The lowest BCUT2D eigenvalue weighted by Gasteiger charge is -2.11. The van der Waals surface area contributed by atoms with Gasteiger partial charge in [-0.1, -0.05) is 51.9 Å². The van der Waals surface area contributed by atoms with Crippen LogP contribution >= 0.6 is 0 Å². The van der Waals surface area contributed by atoms with E-state index in [4.69, 9.17) is 9.47 Å². The van der Waals surface area contributed by atoms with Crippen molar-refractivity contribution in [1.29, 1.82) is 0 Å². The number of carbonyl (C=O) groups is 2. The fourth-order valence-electron chi connectivity index (χ4n) is 2.41. The lowest BCUT2D eigenvalue weighted by molar-refractivity contribution is -0.155. The van der Waals surface area contributed by atoms with Crippen LogP contribution in [0.5, 0.6) is 0 Å². The molecule has 1 heterocycles. The molecule has 0 aliphatic carbocycles. The van der Waals surface area contributed by atoms with Crippen LogP contribution in [0.2, 0.25) is 0 Å². The van der Waals surface area contributed by atoms with Gasteiger partial charge < -0.3 is 9.47 Å². The second-order valence-electron chi connectivity index (χ2n) is 5.66. The minimum absolute atomic E-state index is 0.0543. The SMILES string of the molecule is CC1CCCCCCCCCCC(=O)OCCOC1=O. The zero-order valence-corrected chi connectivity index (χ0v) is 12.7. The van der Waals surface area contributed by atoms with Crippen LogP contribution in [0.3, 0.4) is 0 Å². The molecule has 0 amide bonds. The first kappa shape index (κ1) is 17.0. The zero-order valence-electron chi connectivity index (χ0n) is 12.7. The van der Waals surface area contributed by atoms with Crippen molar-refractivity contribution < 1.29 is 19.1 Å². The van der Waals surface area contributed by atoms with Gasteiger partial charge in [0.25, 0.3) is 0 Å². The van der Waals surface area contributed by atoms with Gasteiger partial charge in [0.15, 0.2) is 0 Å². The fourth-order valence-corrected chi connectivity index (χ4v) is 2.41. The Kier molecular flexibility index (Phi) is 9.09. The molecule has 0 aromatic heterocycles. The van der Waals surface area contributed by atoms with E-state index in [9.17, 15) is 9.59 Å². The maximum absolute atomic E-state index is 11.7. The van der Waals surface area contributed by atoms with Gasteiger partial charge in [-0.25, -0.2) is 0 Å². The second-order valence-corrected chi connectivity index (χ2v) is 5.66. The molecule has 0 aromatic carbocycles. The van der Waals surface area contributed by atoms with Gasteiger partial charge in [0, 0.05) is 6.42 Å². The smallest absolute Gasteiger partial charge is 0.308 e. The van der Waals surface area contributed by atoms with Crippen LogP contribution in [0, 0.1) is 5.92 Å². The number of ether oxygens (including phenoxy) is 2. The Morgan fingerprint density at radius 3 is 2.05 bits per heavy atom. The monoisotopic (exact) mass is 284 g/mol. The van der Waals surface area contributed by atoms with E-state index >= 15 is 0 Å². The minimum atomic E-state index is -0.182. The average Bonchev–Trinajstić information content (AvgIpc) is 2.44. The first-order valence-electron chi connectivity index (χ1n) is 8.02. The summed E-state index contributed by atoms with van der Waals surface area (Å²) in [6.07, 6.45) is 10.6. The highest BCUT2D eigenvalue weighted by Gasteiger charge is 2.14. The number of hydrogen-bond donors (Lipinski definition) is 0.